The third-order valence-electron chi connectivity index (χ3n) is 2.62. The van der Waals surface area contributed by atoms with Crippen LogP contribution in [-0.2, 0) is 0 Å². The molecule has 1 heterocycles. The minimum atomic E-state index is -0.0771. The molecule has 1 aromatic carbocycles. The van der Waals surface area contributed by atoms with Crippen LogP contribution >= 0.6 is 11.8 Å². The first kappa shape index (κ1) is 10.0. The van der Waals surface area contributed by atoms with Crippen molar-refractivity contribution in [2.45, 2.75) is 23.3 Å². The van der Waals surface area contributed by atoms with Crippen molar-refractivity contribution in [3.8, 4) is 0 Å². The number of rotatable bonds is 3. The molecular formula is C11H15NOS. The van der Waals surface area contributed by atoms with E-state index in [1.54, 1.807) is 0 Å². The van der Waals surface area contributed by atoms with Crippen molar-refractivity contribution < 1.29 is 5.11 Å². The van der Waals surface area contributed by atoms with Crippen LogP contribution in [0.25, 0.3) is 0 Å². The summed E-state index contributed by atoms with van der Waals surface area (Å²) in [5.74, 6) is 1.63. The Hall–Kier alpha value is -0.510. The Labute approximate surface area is 88.5 Å². The fourth-order valence-electron chi connectivity index (χ4n) is 1.86. The van der Waals surface area contributed by atoms with Gasteiger partial charge in [0.05, 0.1) is 6.61 Å². The lowest BCUT2D eigenvalue weighted by atomic mass is 9.95. The largest absolute Gasteiger partial charge is 0.395 e. The highest BCUT2D eigenvalue weighted by atomic mass is 32.2. The molecule has 1 aromatic rings. The molecule has 0 fully saturated rings. The van der Waals surface area contributed by atoms with Crippen LogP contribution in [0.5, 0.6) is 0 Å². The molecule has 3 heteroatoms. The second kappa shape index (κ2) is 4.34. The van der Waals surface area contributed by atoms with Crippen LogP contribution in [0, 0.1) is 0 Å². The van der Waals surface area contributed by atoms with Crippen LogP contribution < -0.4 is 5.73 Å². The van der Waals surface area contributed by atoms with Crippen molar-refractivity contribution in [2.75, 3.05) is 12.4 Å². The van der Waals surface area contributed by atoms with E-state index in [1.165, 1.54) is 10.5 Å². The molecule has 2 unspecified atom stereocenters. The highest BCUT2D eigenvalue weighted by Crippen LogP contribution is 2.41. The topological polar surface area (TPSA) is 46.2 Å². The van der Waals surface area contributed by atoms with E-state index in [0.717, 1.165) is 12.2 Å². The molecule has 2 nitrogen and oxygen atoms in total. The monoisotopic (exact) mass is 209 g/mol. The second-order valence-corrected chi connectivity index (χ2v) is 4.79. The molecule has 1 aliphatic rings. The van der Waals surface area contributed by atoms with Gasteiger partial charge in [0.25, 0.3) is 0 Å². The normalized spacial score (nSPS) is 22.0. The van der Waals surface area contributed by atoms with Gasteiger partial charge in [-0.2, -0.15) is 0 Å². The summed E-state index contributed by atoms with van der Waals surface area (Å²) in [6, 6.07) is 8.39. The van der Waals surface area contributed by atoms with E-state index in [2.05, 4.69) is 24.3 Å². The van der Waals surface area contributed by atoms with Crippen LogP contribution in [0.1, 0.15) is 17.9 Å². The Morgan fingerprint density at radius 2 is 2.29 bits per heavy atom. The molecule has 1 aliphatic heterocycles. The number of thioether (sulfide) groups is 1. The zero-order valence-electron chi connectivity index (χ0n) is 8.02. The molecule has 14 heavy (non-hydrogen) atoms. The van der Waals surface area contributed by atoms with E-state index in [0.29, 0.717) is 5.92 Å². The predicted octanol–water partition coefficient (Wildman–Crippen LogP) is 1.59. The molecule has 0 saturated heterocycles. The lowest BCUT2D eigenvalue weighted by molar-refractivity contribution is 0.256. The van der Waals surface area contributed by atoms with E-state index in [4.69, 9.17) is 10.8 Å². The van der Waals surface area contributed by atoms with Crippen molar-refractivity contribution in [1.82, 2.24) is 0 Å². The zero-order valence-corrected chi connectivity index (χ0v) is 8.83. The molecule has 0 saturated carbocycles. The van der Waals surface area contributed by atoms with Gasteiger partial charge >= 0.3 is 0 Å². The summed E-state index contributed by atoms with van der Waals surface area (Å²) in [6.07, 6.45) is 0.889. The molecule has 3 N–H and O–H groups in total. The summed E-state index contributed by atoms with van der Waals surface area (Å²) in [4.78, 5) is 1.38. The molecule has 2 rings (SSSR count). The second-order valence-electron chi connectivity index (χ2n) is 3.72. The average Bonchev–Trinajstić information content (AvgIpc) is 2.62. The molecule has 2 atom stereocenters. The number of fused-ring (bicyclic) bond motifs is 1. The molecule has 0 spiro atoms. The van der Waals surface area contributed by atoms with Gasteiger partial charge in [-0.3, -0.25) is 0 Å². The van der Waals surface area contributed by atoms with Gasteiger partial charge in [0.1, 0.15) is 0 Å². The number of aliphatic hydroxyl groups is 1. The standard InChI is InChI=1S/C11H15NOS/c12-9(6-13)5-8-7-14-11-4-2-1-3-10(8)11/h1-4,8-9,13H,5-7,12H2. The van der Waals surface area contributed by atoms with Crippen LogP contribution in [0.2, 0.25) is 0 Å². The number of nitrogens with two attached hydrogens (primary N) is 1. The first-order valence-corrected chi connectivity index (χ1v) is 5.88. The Kier molecular flexibility index (Phi) is 3.11. The Bertz CT molecular complexity index is 316. The first-order valence-electron chi connectivity index (χ1n) is 4.89. The lowest BCUT2D eigenvalue weighted by Crippen LogP contribution is -2.26. The summed E-state index contributed by atoms with van der Waals surface area (Å²) < 4.78 is 0. The van der Waals surface area contributed by atoms with Crippen LogP contribution in [0.4, 0.5) is 0 Å². The minimum Gasteiger partial charge on any atom is -0.395 e. The lowest BCUT2D eigenvalue weighted by Gasteiger charge is -2.14. The molecule has 0 bridgehead atoms. The zero-order chi connectivity index (χ0) is 9.97. The SMILES string of the molecule is NC(CO)CC1CSc2ccccc21. The summed E-state index contributed by atoms with van der Waals surface area (Å²) in [6.45, 7) is 0.0866. The van der Waals surface area contributed by atoms with Gasteiger partial charge in [-0.25, -0.2) is 0 Å². The predicted molar refractivity (Wildman–Crippen MR) is 59.6 cm³/mol. The summed E-state index contributed by atoms with van der Waals surface area (Å²) in [7, 11) is 0. The Balaban J connectivity index is 2.10. The van der Waals surface area contributed by atoms with Crippen molar-refractivity contribution in [3.05, 3.63) is 29.8 Å². The molecule has 0 aromatic heterocycles. The van der Waals surface area contributed by atoms with Crippen molar-refractivity contribution in [1.29, 1.82) is 0 Å². The first-order chi connectivity index (χ1) is 6.81. The Morgan fingerprint density at radius 1 is 1.50 bits per heavy atom. The fraction of sp³-hybridized carbons (Fsp3) is 0.455. The smallest absolute Gasteiger partial charge is 0.0582 e. The van der Waals surface area contributed by atoms with Gasteiger partial charge in [0.2, 0.25) is 0 Å². The fourth-order valence-corrected chi connectivity index (χ4v) is 3.14. The molecule has 0 aliphatic carbocycles. The number of hydrogen-bond donors (Lipinski definition) is 2. The molecule has 0 radical (unpaired) electrons. The van der Waals surface area contributed by atoms with Gasteiger partial charge < -0.3 is 10.8 Å². The maximum atomic E-state index is 8.91. The van der Waals surface area contributed by atoms with Gasteiger partial charge in [0, 0.05) is 16.7 Å². The molecule has 0 amide bonds. The highest BCUT2D eigenvalue weighted by molar-refractivity contribution is 7.99. The summed E-state index contributed by atoms with van der Waals surface area (Å²) >= 11 is 1.89. The molecule has 76 valence electrons. The number of aliphatic hydroxyl groups excluding tert-OH is 1. The Morgan fingerprint density at radius 3 is 3.07 bits per heavy atom. The number of benzene rings is 1. The van der Waals surface area contributed by atoms with E-state index in [-0.39, 0.29) is 12.6 Å². The van der Waals surface area contributed by atoms with Crippen molar-refractivity contribution >= 4 is 11.8 Å². The van der Waals surface area contributed by atoms with Crippen LogP contribution in [0.15, 0.2) is 29.2 Å². The number of hydrogen-bond acceptors (Lipinski definition) is 3. The molecular weight excluding hydrogens is 194 g/mol. The highest BCUT2D eigenvalue weighted by Gasteiger charge is 2.23. The summed E-state index contributed by atoms with van der Waals surface area (Å²) in [5, 5.41) is 8.91. The van der Waals surface area contributed by atoms with E-state index in [9.17, 15) is 0 Å². The van der Waals surface area contributed by atoms with Crippen LogP contribution in [0.3, 0.4) is 0 Å². The van der Waals surface area contributed by atoms with E-state index < -0.39 is 0 Å². The van der Waals surface area contributed by atoms with Gasteiger partial charge in [-0.05, 0) is 24.0 Å². The van der Waals surface area contributed by atoms with Crippen molar-refractivity contribution in [3.63, 3.8) is 0 Å². The van der Waals surface area contributed by atoms with E-state index >= 15 is 0 Å². The summed E-state index contributed by atoms with van der Waals surface area (Å²) in [5.41, 5.74) is 7.15. The minimum absolute atomic E-state index is 0.0771. The van der Waals surface area contributed by atoms with Gasteiger partial charge in [-0.1, -0.05) is 18.2 Å². The third kappa shape index (κ3) is 1.95. The van der Waals surface area contributed by atoms with Crippen LogP contribution in [-0.4, -0.2) is 23.5 Å². The third-order valence-corrected chi connectivity index (χ3v) is 3.87. The van der Waals surface area contributed by atoms with Gasteiger partial charge in [0.15, 0.2) is 0 Å². The maximum Gasteiger partial charge on any atom is 0.0582 e. The van der Waals surface area contributed by atoms with Gasteiger partial charge in [-0.15, -0.1) is 11.8 Å². The maximum absolute atomic E-state index is 8.91. The average molecular weight is 209 g/mol. The van der Waals surface area contributed by atoms with Crippen molar-refractivity contribution in [2.24, 2.45) is 5.73 Å². The quantitative estimate of drug-likeness (QED) is 0.794. The van der Waals surface area contributed by atoms with E-state index in [1.807, 2.05) is 11.8 Å².